The normalized spacial score (nSPS) is 11.9. The number of sulfonamides is 1. The highest BCUT2D eigenvalue weighted by atomic mass is 35.5. The van der Waals surface area contributed by atoms with Gasteiger partial charge in [0.05, 0.1) is 28.4 Å². The Morgan fingerprint density at radius 3 is 2.45 bits per heavy atom. The van der Waals surface area contributed by atoms with E-state index in [-0.39, 0.29) is 32.1 Å². The van der Waals surface area contributed by atoms with Crippen LogP contribution < -0.4 is 9.46 Å². The van der Waals surface area contributed by atoms with E-state index in [0.717, 1.165) is 36.8 Å². The zero-order valence-corrected chi connectivity index (χ0v) is 17.8. The molecule has 31 heavy (non-hydrogen) atoms. The molecule has 0 aliphatic heterocycles. The largest absolute Gasteiger partial charge is 0.497 e. The van der Waals surface area contributed by atoms with E-state index in [2.05, 4.69) is 4.98 Å². The second-order valence-corrected chi connectivity index (χ2v) is 8.53. The van der Waals surface area contributed by atoms with E-state index < -0.39 is 27.7 Å². The van der Waals surface area contributed by atoms with E-state index in [9.17, 15) is 26.4 Å². The van der Waals surface area contributed by atoms with Gasteiger partial charge < -0.3 is 9.30 Å². The summed E-state index contributed by atoms with van der Waals surface area (Å²) in [4.78, 5) is 15.8. The predicted octanol–water partition coefficient (Wildman–Crippen LogP) is 4.33. The average Bonchev–Trinajstić information content (AvgIpc) is 3.17. The van der Waals surface area contributed by atoms with Crippen LogP contribution in [0.15, 0.2) is 53.8 Å². The maximum absolute atomic E-state index is 12.8. The number of hydrogen-bond donors (Lipinski definition) is 1. The van der Waals surface area contributed by atoms with Crippen molar-refractivity contribution in [3.8, 4) is 11.4 Å². The number of ether oxygens (including phenoxy) is 1. The maximum Gasteiger partial charge on any atom is 0.416 e. The molecule has 0 bridgehead atoms. The molecule has 1 heterocycles. The average molecular weight is 494 g/mol. The van der Waals surface area contributed by atoms with E-state index >= 15 is 0 Å². The minimum atomic E-state index is -4.57. The van der Waals surface area contributed by atoms with Gasteiger partial charge in [0.1, 0.15) is 22.7 Å². The van der Waals surface area contributed by atoms with Crippen molar-refractivity contribution in [2.45, 2.75) is 11.1 Å². The molecule has 0 atom stereocenters. The third kappa shape index (κ3) is 4.94. The van der Waals surface area contributed by atoms with Gasteiger partial charge in [0.25, 0.3) is 15.9 Å². The van der Waals surface area contributed by atoms with Crippen molar-refractivity contribution in [3.63, 3.8) is 0 Å². The van der Waals surface area contributed by atoms with E-state index in [4.69, 9.17) is 27.9 Å². The highest BCUT2D eigenvalue weighted by Gasteiger charge is 2.31. The minimum Gasteiger partial charge on any atom is -0.497 e. The number of benzene rings is 2. The Labute approximate surface area is 184 Å². The topological polar surface area (TPSA) is 90.3 Å². The summed E-state index contributed by atoms with van der Waals surface area (Å²) in [6.45, 7) is 0. The van der Waals surface area contributed by atoms with E-state index in [1.807, 2.05) is 4.72 Å². The van der Waals surface area contributed by atoms with Gasteiger partial charge in [-0.25, -0.2) is 18.1 Å². The number of nitrogens with one attached hydrogen (secondary N) is 1. The standard InChI is InChI=1S/C18H12Cl2F3N3O4S/c1-30-11-3-4-12(19)16(7-11)31(28,29)25-17(27)14-8-26(9-24-14)15-5-2-10(6-13(15)20)18(21,22)23/h2-9H,1H3,(H,25,27). The molecule has 0 aliphatic carbocycles. The number of carbonyl (C=O) groups is 1. The van der Waals surface area contributed by atoms with Crippen LogP contribution in [0, 0.1) is 0 Å². The molecule has 3 rings (SSSR count). The van der Waals surface area contributed by atoms with Gasteiger partial charge in [0.15, 0.2) is 0 Å². The number of halogens is 5. The SMILES string of the molecule is COc1ccc(Cl)c(S(=O)(=O)NC(=O)c2cn(-c3ccc(C(F)(F)F)cc3Cl)cn2)c1. The summed E-state index contributed by atoms with van der Waals surface area (Å²) in [5, 5.41) is -0.377. The summed E-state index contributed by atoms with van der Waals surface area (Å²) >= 11 is 11.8. The van der Waals surface area contributed by atoms with Crippen LogP contribution in [-0.2, 0) is 16.2 Å². The van der Waals surface area contributed by atoms with Crippen LogP contribution in [0.4, 0.5) is 13.2 Å². The third-order valence-electron chi connectivity index (χ3n) is 4.02. The van der Waals surface area contributed by atoms with Crippen LogP contribution >= 0.6 is 23.2 Å². The molecular formula is C18H12Cl2F3N3O4S. The lowest BCUT2D eigenvalue weighted by Gasteiger charge is -2.10. The fourth-order valence-corrected chi connectivity index (χ4v) is 4.27. The highest BCUT2D eigenvalue weighted by Crippen LogP contribution is 2.33. The second kappa shape index (κ2) is 8.40. The van der Waals surface area contributed by atoms with Gasteiger partial charge in [-0.3, -0.25) is 4.79 Å². The van der Waals surface area contributed by atoms with Crippen LogP contribution in [0.25, 0.3) is 5.69 Å². The summed E-state index contributed by atoms with van der Waals surface area (Å²) in [6.07, 6.45) is -2.35. The minimum absolute atomic E-state index is 0.111. The molecule has 1 aromatic heterocycles. The summed E-state index contributed by atoms with van der Waals surface area (Å²) in [5.74, 6) is -0.876. The van der Waals surface area contributed by atoms with Crippen molar-refractivity contribution in [2.75, 3.05) is 7.11 Å². The first-order chi connectivity index (χ1) is 14.4. The Morgan fingerprint density at radius 2 is 1.84 bits per heavy atom. The van der Waals surface area contributed by atoms with Gasteiger partial charge in [-0.2, -0.15) is 13.2 Å². The van der Waals surface area contributed by atoms with E-state index in [1.54, 1.807) is 0 Å². The fraction of sp³-hybridized carbons (Fsp3) is 0.111. The van der Waals surface area contributed by atoms with Crippen molar-refractivity contribution in [1.29, 1.82) is 0 Å². The first-order valence-corrected chi connectivity index (χ1v) is 10.5. The lowest BCUT2D eigenvalue weighted by molar-refractivity contribution is -0.137. The number of carbonyl (C=O) groups excluding carboxylic acids is 1. The van der Waals surface area contributed by atoms with Crippen molar-refractivity contribution in [1.82, 2.24) is 14.3 Å². The lowest BCUT2D eigenvalue weighted by atomic mass is 10.2. The van der Waals surface area contributed by atoms with Crippen molar-refractivity contribution in [2.24, 2.45) is 0 Å². The summed E-state index contributed by atoms with van der Waals surface area (Å²) in [7, 11) is -3.04. The number of nitrogens with zero attached hydrogens (tertiary/aromatic N) is 2. The predicted molar refractivity (Wildman–Crippen MR) is 106 cm³/mol. The van der Waals surface area contributed by atoms with Gasteiger partial charge in [-0.15, -0.1) is 0 Å². The smallest absolute Gasteiger partial charge is 0.416 e. The summed E-state index contributed by atoms with van der Waals surface area (Å²) in [5.41, 5.74) is -1.15. The van der Waals surface area contributed by atoms with Crippen LogP contribution in [-0.4, -0.2) is 31.0 Å². The number of amides is 1. The zero-order chi connectivity index (χ0) is 23.0. The van der Waals surface area contributed by atoms with E-state index in [1.165, 1.54) is 23.8 Å². The lowest BCUT2D eigenvalue weighted by Crippen LogP contribution is -2.31. The first-order valence-electron chi connectivity index (χ1n) is 8.24. The fourth-order valence-electron chi connectivity index (χ4n) is 2.51. The molecule has 3 aromatic rings. The maximum atomic E-state index is 12.8. The van der Waals surface area contributed by atoms with Gasteiger partial charge >= 0.3 is 6.18 Å². The molecule has 0 unspecified atom stereocenters. The Balaban J connectivity index is 1.86. The van der Waals surface area contributed by atoms with Gasteiger partial charge in [0.2, 0.25) is 0 Å². The highest BCUT2D eigenvalue weighted by molar-refractivity contribution is 7.90. The van der Waals surface area contributed by atoms with Gasteiger partial charge in [0, 0.05) is 12.3 Å². The molecule has 1 amide bonds. The molecule has 0 spiro atoms. The summed E-state index contributed by atoms with van der Waals surface area (Å²) in [6, 6.07) is 6.52. The second-order valence-electron chi connectivity index (χ2n) is 6.06. The van der Waals surface area contributed by atoms with Crippen LogP contribution in [0.3, 0.4) is 0 Å². The molecule has 2 aromatic carbocycles. The molecule has 0 radical (unpaired) electrons. The molecule has 0 saturated heterocycles. The van der Waals surface area contributed by atoms with E-state index in [0.29, 0.717) is 0 Å². The molecule has 7 nitrogen and oxygen atoms in total. The van der Waals surface area contributed by atoms with Crippen molar-refractivity contribution >= 4 is 39.1 Å². The molecule has 164 valence electrons. The van der Waals surface area contributed by atoms with Crippen LogP contribution in [0.5, 0.6) is 5.75 Å². The molecular weight excluding hydrogens is 482 g/mol. The number of hydrogen-bond acceptors (Lipinski definition) is 5. The monoisotopic (exact) mass is 493 g/mol. The summed E-state index contributed by atoms with van der Waals surface area (Å²) < 4.78 is 71.4. The zero-order valence-electron chi connectivity index (χ0n) is 15.4. The number of rotatable bonds is 5. The Bertz CT molecular complexity index is 1260. The molecule has 0 fully saturated rings. The number of aromatic nitrogens is 2. The van der Waals surface area contributed by atoms with Gasteiger partial charge in [-0.05, 0) is 30.3 Å². The quantitative estimate of drug-likeness (QED) is 0.571. The molecule has 0 aliphatic rings. The van der Waals surface area contributed by atoms with Crippen LogP contribution in [0.2, 0.25) is 10.0 Å². The number of imidazole rings is 1. The molecule has 13 heteroatoms. The van der Waals surface area contributed by atoms with Crippen molar-refractivity contribution < 1.29 is 31.1 Å². The first kappa shape index (κ1) is 22.9. The van der Waals surface area contributed by atoms with Gasteiger partial charge in [-0.1, -0.05) is 23.2 Å². The molecule has 1 N–H and O–H groups in total. The Kier molecular flexibility index (Phi) is 6.21. The number of methoxy groups -OCH3 is 1. The third-order valence-corrected chi connectivity index (χ3v) is 6.14. The van der Waals surface area contributed by atoms with Crippen LogP contribution in [0.1, 0.15) is 16.1 Å². The Morgan fingerprint density at radius 1 is 1.13 bits per heavy atom. The molecule has 0 saturated carbocycles. The Hall–Kier alpha value is -2.76. The van der Waals surface area contributed by atoms with Crippen molar-refractivity contribution in [3.05, 3.63) is 70.2 Å². The number of alkyl halides is 3.